The maximum absolute atomic E-state index is 12.0. The van der Waals surface area contributed by atoms with Gasteiger partial charge in [0, 0.05) is 44.7 Å². The van der Waals surface area contributed by atoms with Crippen molar-refractivity contribution in [3.63, 3.8) is 0 Å². The normalized spacial score (nSPS) is 19.6. The molecule has 1 aliphatic heterocycles. The third-order valence-electron chi connectivity index (χ3n) is 4.32. The summed E-state index contributed by atoms with van der Waals surface area (Å²) in [5.41, 5.74) is 1.11. The van der Waals surface area contributed by atoms with E-state index in [2.05, 4.69) is 16.9 Å². The topological polar surface area (TPSA) is 55.3 Å². The number of likely N-dealkylation sites (tertiary alicyclic amines) is 1. The van der Waals surface area contributed by atoms with Gasteiger partial charge in [-0.2, -0.15) is 0 Å². The number of carbonyl (C=O) groups is 1. The molecule has 0 unspecified atom stereocenters. The maximum atomic E-state index is 12.0. The highest BCUT2D eigenvalue weighted by Gasteiger charge is 2.29. The molecule has 1 amide bonds. The number of nitrogens with zero attached hydrogens (tertiary/aromatic N) is 3. The summed E-state index contributed by atoms with van der Waals surface area (Å²) in [7, 11) is 0. The number of aromatic nitrogens is 2. The van der Waals surface area contributed by atoms with Gasteiger partial charge in [0.05, 0.1) is 0 Å². The van der Waals surface area contributed by atoms with E-state index in [9.17, 15) is 4.79 Å². The summed E-state index contributed by atoms with van der Waals surface area (Å²) in [6.45, 7) is 3.67. The lowest BCUT2D eigenvalue weighted by molar-refractivity contribution is -0.133. The number of ether oxygens (including phenoxy) is 1. The summed E-state index contributed by atoms with van der Waals surface area (Å²) in [6, 6.07) is 0.454. The van der Waals surface area contributed by atoms with E-state index in [1.165, 1.54) is 12.8 Å². The van der Waals surface area contributed by atoms with Crippen LogP contribution in [0.1, 0.15) is 44.6 Å². The van der Waals surface area contributed by atoms with Crippen molar-refractivity contribution in [1.82, 2.24) is 14.9 Å². The Balaban J connectivity index is 1.45. The van der Waals surface area contributed by atoms with Gasteiger partial charge in [-0.3, -0.25) is 4.79 Å². The number of hydrogen-bond acceptors (Lipinski definition) is 4. The highest BCUT2D eigenvalue weighted by Crippen LogP contribution is 2.33. The van der Waals surface area contributed by atoms with Crippen LogP contribution in [0.25, 0.3) is 0 Å². The first kappa shape index (κ1) is 14.3. The molecule has 5 heteroatoms. The molecule has 0 atom stereocenters. The fraction of sp³-hybridized carbons (Fsp3) is 0.688. The van der Waals surface area contributed by atoms with Crippen LogP contribution in [0.15, 0.2) is 12.4 Å². The van der Waals surface area contributed by atoms with Gasteiger partial charge in [0.2, 0.25) is 5.91 Å². The fourth-order valence-electron chi connectivity index (χ4n) is 2.66. The standard InChI is InChI=1S/C16H23N3O2/c1-2-12-10-17-16(18-11-12)21-14-5-7-19(8-6-14)15(20)9-13-3-4-13/h10-11,13-14H,2-9H2,1H3. The Bertz CT molecular complexity index is 477. The number of piperidine rings is 1. The molecule has 1 aliphatic carbocycles. The molecule has 0 radical (unpaired) electrons. The van der Waals surface area contributed by atoms with Crippen LogP contribution in [0.3, 0.4) is 0 Å². The quantitative estimate of drug-likeness (QED) is 0.834. The zero-order valence-electron chi connectivity index (χ0n) is 12.6. The first-order valence-corrected chi connectivity index (χ1v) is 8.00. The van der Waals surface area contributed by atoms with Crippen molar-refractivity contribution in [2.75, 3.05) is 13.1 Å². The van der Waals surface area contributed by atoms with Crippen LogP contribution in [0.4, 0.5) is 0 Å². The van der Waals surface area contributed by atoms with Gasteiger partial charge < -0.3 is 9.64 Å². The van der Waals surface area contributed by atoms with Crippen LogP contribution < -0.4 is 4.74 Å². The van der Waals surface area contributed by atoms with E-state index in [1.807, 2.05) is 17.3 Å². The second-order valence-corrected chi connectivity index (χ2v) is 6.07. The number of hydrogen-bond donors (Lipinski definition) is 0. The molecule has 1 aromatic heterocycles. The van der Waals surface area contributed by atoms with Crippen LogP contribution in [0, 0.1) is 5.92 Å². The highest BCUT2D eigenvalue weighted by atomic mass is 16.5. The predicted octanol–water partition coefficient (Wildman–Crippen LogP) is 2.21. The van der Waals surface area contributed by atoms with E-state index in [0.717, 1.165) is 44.3 Å². The molecule has 2 fully saturated rings. The van der Waals surface area contributed by atoms with Crippen molar-refractivity contribution in [3.05, 3.63) is 18.0 Å². The van der Waals surface area contributed by atoms with E-state index in [1.54, 1.807) is 0 Å². The Hall–Kier alpha value is -1.65. The zero-order valence-corrected chi connectivity index (χ0v) is 12.6. The van der Waals surface area contributed by atoms with E-state index in [4.69, 9.17) is 4.74 Å². The Labute approximate surface area is 125 Å². The Morgan fingerprint density at radius 3 is 2.48 bits per heavy atom. The van der Waals surface area contributed by atoms with Crippen molar-refractivity contribution in [3.8, 4) is 6.01 Å². The van der Waals surface area contributed by atoms with Gasteiger partial charge in [-0.1, -0.05) is 6.92 Å². The summed E-state index contributed by atoms with van der Waals surface area (Å²) in [6.07, 6.45) is 9.64. The average molecular weight is 289 g/mol. The maximum Gasteiger partial charge on any atom is 0.316 e. The van der Waals surface area contributed by atoms with Gasteiger partial charge in [0.1, 0.15) is 6.10 Å². The van der Waals surface area contributed by atoms with E-state index < -0.39 is 0 Å². The average Bonchev–Trinajstić information content (AvgIpc) is 3.33. The molecule has 0 spiro atoms. The summed E-state index contributed by atoms with van der Waals surface area (Å²) >= 11 is 0. The minimum atomic E-state index is 0.127. The third-order valence-corrected chi connectivity index (χ3v) is 4.32. The lowest BCUT2D eigenvalue weighted by Crippen LogP contribution is -2.42. The highest BCUT2D eigenvalue weighted by molar-refractivity contribution is 5.76. The molecule has 1 aromatic rings. The number of rotatable bonds is 5. The molecule has 0 bridgehead atoms. The van der Waals surface area contributed by atoms with Crippen molar-refractivity contribution >= 4 is 5.91 Å². The van der Waals surface area contributed by atoms with Crippen molar-refractivity contribution in [2.24, 2.45) is 5.92 Å². The van der Waals surface area contributed by atoms with Crippen molar-refractivity contribution in [2.45, 2.75) is 51.6 Å². The van der Waals surface area contributed by atoms with Crippen LogP contribution in [0.5, 0.6) is 6.01 Å². The molecule has 0 N–H and O–H groups in total. The molecular weight excluding hydrogens is 266 g/mol. The molecule has 5 nitrogen and oxygen atoms in total. The molecule has 3 rings (SSSR count). The lowest BCUT2D eigenvalue weighted by Gasteiger charge is -2.31. The van der Waals surface area contributed by atoms with Crippen molar-refractivity contribution in [1.29, 1.82) is 0 Å². The SMILES string of the molecule is CCc1cnc(OC2CCN(C(=O)CC3CC3)CC2)nc1. The van der Waals surface area contributed by atoms with E-state index in [-0.39, 0.29) is 6.10 Å². The van der Waals surface area contributed by atoms with Gasteiger partial charge in [0.15, 0.2) is 0 Å². The fourth-order valence-corrected chi connectivity index (χ4v) is 2.66. The van der Waals surface area contributed by atoms with Crippen molar-refractivity contribution < 1.29 is 9.53 Å². The van der Waals surface area contributed by atoms with Crippen LogP contribution in [-0.2, 0) is 11.2 Å². The summed E-state index contributed by atoms with van der Waals surface area (Å²) in [5.74, 6) is 0.983. The van der Waals surface area contributed by atoms with Crippen LogP contribution in [-0.4, -0.2) is 40.0 Å². The lowest BCUT2D eigenvalue weighted by atomic mass is 10.1. The molecule has 21 heavy (non-hydrogen) atoms. The van der Waals surface area contributed by atoms with Gasteiger partial charge >= 0.3 is 6.01 Å². The summed E-state index contributed by atoms with van der Waals surface area (Å²) in [5, 5.41) is 0. The van der Waals surface area contributed by atoms with Gasteiger partial charge in [-0.05, 0) is 30.7 Å². The first-order valence-electron chi connectivity index (χ1n) is 8.00. The van der Waals surface area contributed by atoms with Crippen LogP contribution in [0.2, 0.25) is 0 Å². The number of carbonyl (C=O) groups excluding carboxylic acids is 1. The predicted molar refractivity (Wildman–Crippen MR) is 79.0 cm³/mol. The second-order valence-electron chi connectivity index (χ2n) is 6.07. The molecule has 1 saturated carbocycles. The van der Waals surface area contributed by atoms with Gasteiger partial charge in [-0.15, -0.1) is 0 Å². The van der Waals surface area contributed by atoms with Gasteiger partial charge in [0.25, 0.3) is 0 Å². The molecule has 0 aromatic carbocycles. The monoisotopic (exact) mass is 289 g/mol. The largest absolute Gasteiger partial charge is 0.460 e. The minimum absolute atomic E-state index is 0.127. The minimum Gasteiger partial charge on any atom is -0.460 e. The van der Waals surface area contributed by atoms with Gasteiger partial charge in [-0.25, -0.2) is 9.97 Å². The second kappa shape index (κ2) is 6.41. The Morgan fingerprint density at radius 1 is 1.24 bits per heavy atom. The molecule has 114 valence electrons. The molecule has 2 heterocycles. The first-order chi connectivity index (χ1) is 10.2. The third kappa shape index (κ3) is 3.93. The molecular formula is C16H23N3O2. The zero-order chi connectivity index (χ0) is 14.7. The van der Waals surface area contributed by atoms with Crippen LogP contribution >= 0.6 is 0 Å². The summed E-state index contributed by atoms with van der Waals surface area (Å²) < 4.78 is 5.82. The smallest absolute Gasteiger partial charge is 0.316 e. The van der Waals surface area contributed by atoms with E-state index in [0.29, 0.717) is 17.8 Å². The molecule has 1 saturated heterocycles. The van der Waals surface area contributed by atoms with E-state index >= 15 is 0 Å². The Kier molecular flexibility index (Phi) is 4.36. The Morgan fingerprint density at radius 2 is 1.90 bits per heavy atom. The molecule has 2 aliphatic rings. The summed E-state index contributed by atoms with van der Waals surface area (Å²) in [4.78, 5) is 22.5. The number of aryl methyl sites for hydroxylation is 1. The number of amides is 1.